The summed E-state index contributed by atoms with van der Waals surface area (Å²) in [6, 6.07) is 7.43. The highest BCUT2D eigenvalue weighted by atomic mass is 16.5. The van der Waals surface area contributed by atoms with Crippen molar-refractivity contribution in [3.63, 3.8) is 0 Å². The molecule has 0 atom stereocenters. The molecule has 0 unspecified atom stereocenters. The van der Waals surface area contributed by atoms with Gasteiger partial charge in [0.25, 0.3) is 0 Å². The normalized spacial score (nSPS) is 10.6. The fourth-order valence-electron chi connectivity index (χ4n) is 1.80. The summed E-state index contributed by atoms with van der Waals surface area (Å²) in [5, 5.41) is 22.3. The molecule has 1 aromatic carbocycles. The van der Waals surface area contributed by atoms with Crippen LogP contribution in [-0.2, 0) is 11.2 Å². The highest BCUT2D eigenvalue weighted by molar-refractivity contribution is 5.88. The Bertz CT molecular complexity index is 592. The van der Waals surface area contributed by atoms with Crippen molar-refractivity contribution in [1.82, 2.24) is 9.78 Å². The Morgan fingerprint density at radius 3 is 2.79 bits per heavy atom. The van der Waals surface area contributed by atoms with Gasteiger partial charge in [-0.3, -0.25) is 0 Å². The smallest absolute Gasteiger partial charge is 0.360 e. The predicted octanol–water partition coefficient (Wildman–Crippen LogP) is 1.46. The molecule has 0 radical (unpaired) electrons. The zero-order valence-corrected chi connectivity index (χ0v) is 10.4. The SMILES string of the molecule is COCCc1ccccc1-n1cc(O)c(C(=O)O)n1. The average Bonchev–Trinajstić information content (AvgIpc) is 2.79. The number of aromatic hydroxyl groups is 1. The average molecular weight is 262 g/mol. The Balaban J connectivity index is 2.41. The maximum absolute atomic E-state index is 10.9. The third kappa shape index (κ3) is 2.74. The fraction of sp³-hybridized carbons (Fsp3) is 0.231. The van der Waals surface area contributed by atoms with Crippen molar-refractivity contribution in [3.05, 3.63) is 41.7 Å². The summed E-state index contributed by atoms with van der Waals surface area (Å²) >= 11 is 0. The molecule has 2 aromatic rings. The molecular formula is C13H14N2O4. The highest BCUT2D eigenvalue weighted by Crippen LogP contribution is 2.20. The van der Waals surface area contributed by atoms with E-state index in [-0.39, 0.29) is 11.4 Å². The number of aromatic nitrogens is 2. The molecule has 0 bridgehead atoms. The zero-order valence-electron chi connectivity index (χ0n) is 10.4. The van der Waals surface area contributed by atoms with Gasteiger partial charge in [-0.25, -0.2) is 9.48 Å². The first-order valence-corrected chi connectivity index (χ1v) is 5.72. The van der Waals surface area contributed by atoms with Gasteiger partial charge in [-0.15, -0.1) is 0 Å². The maximum Gasteiger partial charge on any atom is 0.360 e. The third-order valence-corrected chi connectivity index (χ3v) is 2.71. The van der Waals surface area contributed by atoms with E-state index in [1.165, 1.54) is 10.9 Å². The van der Waals surface area contributed by atoms with Gasteiger partial charge in [0.15, 0.2) is 5.75 Å². The first-order chi connectivity index (χ1) is 9.13. The Labute approximate surface area is 109 Å². The molecule has 0 saturated carbocycles. The largest absolute Gasteiger partial charge is 0.504 e. The maximum atomic E-state index is 10.9. The van der Waals surface area contributed by atoms with Gasteiger partial charge in [0.1, 0.15) is 0 Å². The van der Waals surface area contributed by atoms with Gasteiger partial charge in [-0.1, -0.05) is 18.2 Å². The molecular weight excluding hydrogens is 248 g/mol. The minimum absolute atomic E-state index is 0.353. The van der Waals surface area contributed by atoms with Crippen molar-refractivity contribution >= 4 is 5.97 Å². The second-order valence-corrected chi connectivity index (χ2v) is 3.98. The molecule has 1 heterocycles. The van der Waals surface area contributed by atoms with E-state index in [1.54, 1.807) is 7.11 Å². The summed E-state index contributed by atoms with van der Waals surface area (Å²) in [6.45, 7) is 0.552. The molecule has 6 nitrogen and oxygen atoms in total. The van der Waals surface area contributed by atoms with Gasteiger partial charge in [0.05, 0.1) is 18.5 Å². The molecule has 0 aliphatic carbocycles. The number of ether oxygens (including phenoxy) is 1. The van der Waals surface area contributed by atoms with Gasteiger partial charge in [-0.2, -0.15) is 5.10 Å². The third-order valence-electron chi connectivity index (χ3n) is 2.71. The van der Waals surface area contributed by atoms with Crippen LogP contribution in [0.15, 0.2) is 30.5 Å². The van der Waals surface area contributed by atoms with E-state index in [1.807, 2.05) is 24.3 Å². The zero-order chi connectivity index (χ0) is 13.8. The van der Waals surface area contributed by atoms with Crippen LogP contribution in [0.3, 0.4) is 0 Å². The lowest BCUT2D eigenvalue weighted by Gasteiger charge is -2.08. The van der Waals surface area contributed by atoms with E-state index in [0.29, 0.717) is 13.0 Å². The van der Waals surface area contributed by atoms with Gasteiger partial charge in [-0.05, 0) is 18.1 Å². The monoisotopic (exact) mass is 262 g/mol. The number of carboxylic acids is 1. The number of rotatable bonds is 5. The predicted molar refractivity (Wildman–Crippen MR) is 67.8 cm³/mol. The Morgan fingerprint density at radius 1 is 1.42 bits per heavy atom. The van der Waals surface area contributed by atoms with Crippen molar-refractivity contribution in [1.29, 1.82) is 0 Å². The quantitative estimate of drug-likeness (QED) is 0.852. The topological polar surface area (TPSA) is 84.6 Å². The van der Waals surface area contributed by atoms with Gasteiger partial charge < -0.3 is 14.9 Å². The van der Waals surface area contributed by atoms with Gasteiger partial charge >= 0.3 is 5.97 Å². The van der Waals surface area contributed by atoms with E-state index >= 15 is 0 Å². The molecule has 6 heteroatoms. The van der Waals surface area contributed by atoms with Crippen LogP contribution in [0.5, 0.6) is 5.75 Å². The molecule has 2 rings (SSSR count). The first-order valence-electron chi connectivity index (χ1n) is 5.72. The number of hydrogen-bond acceptors (Lipinski definition) is 4. The number of aromatic carboxylic acids is 1. The standard InChI is InChI=1S/C13H14N2O4/c1-19-7-6-9-4-2-3-5-10(9)15-8-11(16)12(14-15)13(17)18/h2-5,8,16H,6-7H2,1H3,(H,17,18). The van der Waals surface area contributed by atoms with Crippen molar-refractivity contribution < 1.29 is 19.7 Å². The second kappa shape index (κ2) is 5.53. The summed E-state index contributed by atoms with van der Waals surface area (Å²) in [6.07, 6.45) is 1.96. The summed E-state index contributed by atoms with van der Waals surface area (Å²) < 4.78 is 6.40. The molecule has 100 valence electrons. The number of carboxylic acid groups (broad SMARTS) is 1. The second-order valence-electron chi connectivity index (χ2n) is 3.98. The molecule has 1 aromatic heterocycles. The van der Waals surface area contributed by atoms with Crippen LogP contribution in [-0.4, -0.2) is 39.7 Å². The minimum atomic E-state index is -1.26. The van der Waals surface area contributed by atoms with E-state index in [0.717, 1.165) is 11.3 Å². The van der Waals surface area contributed by atoms with E-state index < -0.39 is 5.97 Å². The molecule has 0 aliphatic rings. The van der Waals surface area contributed by atoms with Crippen LogP contribution in [0.2, 0.25) is 0 Å². The summed E-state index contributed by atoms with van der Waals surface area (Å²) in [4.78, 5) is 10.9. The van der Waals surface area contributed by atoms with Crippen molar-refractivity contribution in [2.45, 2.75) is 6.42 Å². The highest BCUT2D eigenvalue weighted by Gasteiger charge is 2.16. The number of hydrogen-bond donors (Lipinski definition) is 2. The van der Waals surface area contributed by atoms with Crippen LogP contribution >= 0.6 is 0 Å². The van der Waals surface area contributed by atoms with E-state index in [9.17, 15) is 9.90 Å². The molecule has 0 aliphatic heterocycles. The number of nitrogens with zero attached hydrogens (tertiary/aromatic N) is 2. The Morgan fingerprint density at radius 2 is 2.16 bits per heavy atom. The van der Waals surface area contributed by atoms with Gasteiger partial charge in [0.2, 0.25) is 5.69 Å². The summed E-state index contributed by atoms with van der Waals surface area (Å²) in [7, 11) is 1.62. The molecule has 19 heavy (non-hydrogen) atoms. The van der Waals surface area contributed by atoms with Gasteiger partial charge in [0, 0.05) is 7.11 Å². The molecule has 0 spiro atoms. The number of methoxy groups -OCH3 is 1. The molecule has 2 N–H and O–H groups in total. The molecule has 0 amide bonds. The Hall–Kier alpha value is -2.34. The van der Waals surface area contributed by atoms with E-state index in [2.05, 4.69) is 5.10 Å². The minimum Gasteiger partial charge on any atom is -0.504 e. The molecule has 0 fully saturated rings. The lowest BCUT2D eigenvalue weighted by Crippen LogP contribution is -2.05. The van der Waals surface area contributed by atoms with Crippen molar-refractivity contribution in [2.75, 3.05) is 13.7 Å². The van der Waals surface area contributed by atoms with Crippen LogP contribution in [0, 0.1) is 0 Å². The molecule has 0 saturated heterocycles. The lowest BCUT2D eigenvalue weighted by molar-refractivity contribution is 0.0687. The number of carbonyl (C=O) groups is 1. The summed E-state index contributed by atoms with van der Waals surface area (Å²) in [5.74, 6) is -1.61. The van der Waals surface area contributed by atoms with Crippen LogP contribution in [0.1, 0.15) is 16.1 Å². The van der Waals surface area contributed by atoms with Crippen LogP contribution in [0.4, 0.5) is 0 Å². The van der Waals surface area contributed by atoms with Crippen molar-refractivity contribution in [3.8, 4) is 11.4 Å². The fourth-order valence-corrected chi connectivity index (χ4v) is 1.80. The van der Waals surface area contributed by atoms with E-state index in [4.69, 9.17) is 9.84 Å². The Kier molecular flexibility index (Phi) is 3.82. The first kappa shape index (κ1) is 13.1. The summed E-state index contributed by atoms with van der Waals surface area (Å²) in [5.41, 5.74) is 1.33. The van der Waals surface area contributed by atoms with Crippen molar-refractivity contribution in [2.24, 2.45) is 0 Å². The number of benzene rings is 1. The van der Waals surface area contributed by atoms with Crippen LogP contribution in [0.25, 0.3) is 5.69 Å². The van der Waals surface area contributed by atoms with Crippen LogP contribution < -0.4 is 0 Å². The lowest BCUT2D eigenvalue weighted by atomic mass is 10.1. The number of para-hydroxylation sites is 1.